The maximum absolute atomic E-state index is 14.3. The third kappa shape index (κ3) is 4.21. The van der Waals surface area contributed by atoms with Crippen LogP contribution in [0.1, 0.15) is 29.0 Å². The molecule has 2 aromatic carbocycles. The van der Waals surface area contributed by atoms with Gasteiger partial charge in [-0.1, -0.05) is 36.4 Å². The SMILES string of the molecule is COc1ccc(-c2cccc3cc([C@H](C)NC(=O)c4c(N)nn5cccnc45)n(-c4ccccc4)c(=O)c23)cn1. The molecule has 1 atom stereocenters. The van der Waals surface area contributed by atoms with E-state index in [1.165, 1.54) is 4.52 Å². The number of hydrogen-bond acceptors (Lipinski definition) is 7. The van der Waals surface area contributed by atoms with Gasteiger partial charge in [0.05, 0.1) is 18.5 Å². The van der Waals surface area contributed by atoms with Crippen LogP contribution in [-0.2, 0) is 0 Å². The molecule has 4 heterocycles. The van der Waals surface area contributed by atoms with Crippen molar-refractivity contribution in [1.29, 1.82) is 0 Å². The molecule has 3 N–H and O–H groups in total. The number of hydrogen-bond donors (Lipinski definition) is 2. The number of nitrogen functional groups attached to an aromatic ring is 1. The first-order chi connectivity index (χ1) is 19.5. The van der Waals surface area contributed by atoms with Gasteiger partial charge in [0.1, 0.15) is 5.56 Å². The highest BCUT2D eigenvalue weighted by Crippen LogP contribution is 2.30. The van der Waals surface area contributed by atoms with Gasteiger partial charge in [0.2, 0.25) is 5.88 Å². The van der Waals surface area contributed by atoms with E-state index in [0.29, 0.717) is 28.3 Å². The normalized spacial score (nSPS) is 11.9. The minimum absolute atomic E-state index is 0.0695. The smallest absolute Gasteiger partial charge is 0.263 e. The summed E-state index contributed by atoms with van der Waals surface area (Å²) in [6.45, 7) is 1.82. The van der Waals surface area contributed by atoms with E-state index in [4.69, 9.17) is 10.5 Å². The van der Waals surface area contributed by atoms with E-state index >= 15 is 0 Å². The van der Waals surface area contributed by atoms with Crippen LogP contribution in [0.5, 0.6) is 5.88 Å². The molecule has 0 spiro atoms. The number of methoxy groups -OCH3 is 1. The van der Waals surface area contributed by atoms with Crippen LogP contribution >= 0.6 is 0 Å². The molecule has 10 nitrogen and oxygen atoms in total. The average molecular weight is 532 g/mol. The summed E-state index contributed by atoms with van der Waals surface area (Å²) in [4.78, 5) is 36.3. The van der Waals surface area contributed by atoms with Gasteiger partial charge < -0.3 is 15.8 Å². The first-order valence-electron chi connectivity index (χ1n) is 12.6. The molecular formula is C30H25N7O3. The highest BCUT2D eigenvalue weighted by molar-refractivity contribution is 6.04. The molecule has 0 unspecified atom stereocenters. The molecule has 198 valence electrons. The van der Waals surface area contributed by atoms with Crippen molar-refractivity contribution in [3.05, 3.63) is 113 Å². The summed E-state index contributed by atoms with van der Waals surface area (Å²) >= 11 is 0. The number of ether oxygens (including phenoxy) is 1. The topological polar surface area (TPSA) is 129 Å². The van der Waals surface area contributed by atoms with Gasteiger partial charge in [-0.25, -0.2) is 14.5 Å². The highest BCUT2D eigenvalue weighted by atomic mass is 16.5. The van der Waals surface area contributed by atoms with E-state index in [9.17, 15) is 9.59 Å². The average Bonchev–Trinajstić information content (AvgIpc) is 3.33. The molecule has 0 saturated carbocycles. The standard InChI is InChI=1S/C30H25N7O3/c1-18(34-29(38)26-27(31)35-36-15-7-14-32-28(26)36)23-16-19-8-6-11-22(20-12-13-24(40-2)33-17-20)25(19)30(39)37(23)21-9-4-3-5-10-21/h3-18H,1-2H3,(H2,31,35)(H,34,38)/t18-/m0/s1. The number of anilines is 1. The summed E-state index contributed by atoms with van der Waals surface area (Å²) in [5.41, 5.74) is 9.19. The largest absolute Gasteiger partial charge is 0.481 e. The number of carbonyl (C=O) groups is 1. The van der Waals surface area contributed by atoms with Crippen LogP contribution in [-0.4, -0.2) is 37.2 Å². The fourth-order valence-electron chi connectivity index (χ4n) is 4.91. The van der Waals surface area contributed by atoms with Gasteiger partial charge in [0, 0.05) is 41.6 Å². The van der Waals surface area contributed by atoms with Gasteiger partial charge in [0.25, 0.3) is 11.5 Å². The van der Waals surface area contributed by atoms with Gasteiger partial charge in [0.15, 0.2) is 11.5 Å². The van der Waals surface area contributed by atoms with Crippen LogP contribution in [0.25, 0.3) is 33.2 Å². The third-order valence-electron chi connectivity index (χ3n) is 6.79. The van der Waals surface area contributed by atoms with Crippen LogP contribution in [0.4, 0.5) is 5.82 Å². The zero-order valence-corrected chi connectivity index (χ0v) is 21.8. The summed E-state index contributed by atoms with van der Waals surface area (Å²) in [7, 11) is 1.56. The van der Waals surface area contributed by atoms with Gasteiger partial charge >= 0.3 is 0 Å². The van der Waals surface area contributed by atoms with Crippen molar-refractivity contribution in [3.8, 4) is 22.7 Å². The van der Waals surface area contributed by atoms with Gasteiger partial charge in [-0.05, 0) is 48.2 Å². The highest BCUT2D eigenvalue weighted by Gasteiger charge is 2.24. The zero-order chi connectivity index (χ0) is 27.8. The van der Waals surface area contributed by atoms with Gasteiger partial charge in [-0.2, -0.15) is 0 Å². The van der Waals surface area contributed by atoms with Gasteiger partial charge in [-0.3, -0.25) is 14.2 Å². The van der Waals surface area contributed by atoms with Crippen LogP contribution < -0.4 is 21.3 Å². The van der Waals surface area contributed by atoms with Crippen molar-refractivity contribution in [2.45, 2.75) is 13.0 Å². The Morgan fingerprint density at radius 3 is 2.60 bits per heavy atom. The number of aromatic nitrogens is 5. The van der Waals surface area contributed by atoms with Crippen molar-refractivity contribution in [1.82, 2.24) is 29.5 Å². The summed E-state index contributed by atoms with van der Waals surface area (Å²) in [6.07, 6.45) is 4.93. The monoisotopic (exact) mass is 531 g/mol. The molecule has 0 aliphatic heterocycles. The Hall–Kier alpha value is -5.51. The lowest BCUT2D eigenvalue weighted by Gasteiger charge is -2.21. The van der Waals surface area contributed by atoms with Crippen molar-refractivity contribution in [3.63, 3.8) is 0 Å². The number of nitrogens with two attached hydrogens (primary N) is 1. The minimum Gasteiger partial charge on any atom is -0.481 e. The number of fused-ring (bicyclic) bond motifs is 2. The number of nitrogens with one attached hydrogen (secondary N) is 1. The second kappa shape index (κ2) is 9.99. The fraction of sp³-hybridized carbons (Fsp3) is 0.100. The predicted molar refractivity (Wildman–Crippen MR) is 153 cm³/mol. The molecule has 0 saturated heterocycles. The zero-order valence-electron chi connectivity index (χ0n) is 21.8. The Bertz CT molecular complexity index is 1930. The Labute approximate surface area is 228 Å². The van der Waals surface area contributed by atoms with Crippen LogP contribution in [0.15, 0.2) is 96.2 Å². The number of pyridine rings is 2. The summed E-state index contributed by atoms with van der Waals surface area (Å²) in [6, 6.07) is 21.7. The first-order valence-corrected chi connectivity index (χ1v) is 12.6. The maximum atomic E-state index is 14.3. The molecule has 4 aromatic heterocycles. The van der Waals surface area contributed by atoms with E-state index in [-0.39, 0.29) is 16.9 Å². The molecule has 10 heteroatoms. The Morgan fingerprint density at radius 1 is 1.02 bits per heavy atom. The Balaban J connectivity index is 1.50. The summed E-state index contributed by atoms with van der Waals surface area (Å²) in [5.74, 6) is 0.114. The predicted octanol–water partition coefficient (Wildman–Crippen LogP) is 4.18. The van der Waals surface area contributed by atoms with E-state index < -0.39 is 11.9 Å². The van der Waals surface area contributed by atoms with Crippen molar-refractivity contribution < 1.29 is 9.53 Å². The second-order valence-electron chi connectivity index (χ2n) is 9.25. The second-order valence-corrected chi connectivity index (χ2v) is 9.25. The van der Waals surface area contributed by atoms with Crippen LogP contribution in [0, 0.1) is 0 Å². The first kappa shape index (κ1) is 24.8. The summed E-state index contributed by atoms with van der Waals surface area (Å²) < 4.78 is 8.29. The molecule has 0 radical (unpaired) electrons. The molecular weight excluding hydrogens is 506 g/mol. The maximum Gasteiger partial charge on any atom is 0.263 e. The Morgan fingerprint density at radius 2 is 1.85 bits per heavy atom. The minimum atomic E-state index is -0.575. The fourth-order valence-corrected chi connectivity index (χ4v) is 4.91. The molecule has 0 fully saturated rings. The van der Waals surface area contributed by atoms with Crippen LogP contribution in [0.2, 0.25) is 0 Å². The molecule has 0 bridgehead atoms. The molecule has 0 aliphatic carbocycles. The third-order valence-corrected chi connectivity index (χ3v) is 6.79. The van der Waals surface area contributed by atoms with E-state index in [1.54, 1.807) is 42.4 Å². The van der Waals surface area contributed by atoms with E-state index in [2.05, 4.69) is 20.4 Å². The number of nitrogens with zero attached hydrogens (tertiary/aromatic N) is 5. The number of amides is 1. The van der Waals surface area contributed by atoms with E-state index in [1.807, 2.05) is 67.6 Å². The van der Waals surface area contributed by atoms with Crippen molar-refractivity contribution in [2.24, 2.45) is 0 Å². The van der Waals surface area contributed by atoms with Crippen molar-refractivity contribution in [2.75, 3.05) is 12.8 Å². The Kier molecular flexibility index (Phi) is 6.19. The number of rotatable bonds is 6. The van der Waals surface area contributed by atoms with E-state index in [0.717, 1.165) is 16.5 Å². The molecule has 1 amide bonds. The lowest BCUT2D eigenvalue weighted by molar-refractivity contribution is 0.0941. The van der Waals surface area contributed by atoms with Crippen LogP contribution in [0.3, 0.4) is 0 Å². The number of carbonyl (C=O) groups excluding carboxylic acids is 1. The number of benzene rings is 2. The molecule has 6 aromatic rings. The van der Waals surface area contributed by atoms with Gasteiger partial charge in [-0.15, -0.1) is 5.10 Å². The number of para-hydroxylation sites is 1. The summed E-state index contributed by atoms with van der Waals surface area (Å²) in [5, 5.41) is 8.46. The lowest BCUT2D eigenvalue weighted by Crippen LogP contribution is -2.32. The molecule has 0 aliphatic rings. The molecule has 6 rings (SSSR count). The molecule has 40 heavy (non-hydrogen) atoms. The quantitative estimate of drug-likeness (QED) is 0.330. The van der Waals surface area contributed by atoms with Crippen molar-refractivity contribution >= 4 is 28.1 Å². The lowest BCUT2D eigenvalue weighted by atomic mass is 9.98.